The van der Waals surface area contributed by atoms with Crippen LogP contribution in [0.4, 0.5) is 0 Å². The monoisotopic (exact) mass is 820 g/mol. The quantitative estimate of drug-likeness (QED) is 0.183. The smallest absolute Gasteiger partial charge is 0.269 e. The Labute approximate surface area is 353 Å². The molecule has 3 aromatic heterocycles. The highest BCUT2D eigenvalue weighted by Gasteiger charge is 2.42. The first-order valence-electron chi connectivity index (χ1n) is 21.5. The highest BCUT2D eigenvalue weighted by Crippen LogP contribution is 2.46. The third-order valence-corrected chi connectivity index (χ3v) is 13.5. The highest BCUT2D eigenvalue weighted by molar-refractivity contribution is 6.05. The standard InChI is InChI=1S/C47H48N8O6/c1-27(56)53-16-17-54-41(26-53)43(52-44(54)29-13-18-61-19-14-29)34-6-2-4-30-22-39(50-24-36(30)34)31-8-9-38(49-23-31)45(58)48-15-12-28-20-32(21-28)33-5-3-7-35-37(33)25-55(47(35)60)40-10-11-42(57)51-46(40)59/h2-9,22-24,28-29,32,40H,10-21,25-26H2,1H3,(H,48,58)(H,51,57,59)/t28?,32?,40-/m0/s1. The molecule has 0 unspecified atom stereocenters. The number of aromatic nitrogens is 4. The Morgan fingerprint density at radius 3 is 2.51 bits per heavy atom. The van der Waals surface area contributed by atoms with Gasteiger partial charge in [0.25, 0.3) is 11.8 Å². The van der Waals surface area contributed by atoms with Crippen LogP contribution in [0.5, 0.6) is 0 Å². The molecule has 0 bridgehead atoms. The fourth-order valence-electron chi connectivity index (χ4n) is 10.1. The Balaban J connectivity index is 0.768. The van der Waals surface area contributed by atoms with Crippen molar-refractivity contribution < 1.29 is 28.7 Å². The zero-order valence-corrected chi connectivity index (χ0v) is 34.2. The number of nitrogens with one attached hydrogen (secondary N) is 2. The third-order valence-electron chi connectivity index (χ3n) is 13.5. The molecule has 14 nitrogen and oxygen atoms in total. The first-order chi connectivity index (χ1) is 29.7. The van der Waals surface area contributed by atoms with Crippen molar-refractivity contribution in [3.8, 4) is 22.5 Å². The molecule has 0 radical (unpaired) electrons. The number of piperidine rings is 1. The predicted octanol–water partition coefficient (Wildman–Crippen LogP) is 5.49. The maximum atomic E-state index is 13.3. The minimum atomic E-state index is -0.627. The molecule has 2 N–H and O–H groups in total. The molecule has 5 amide bonds. The van der Waals surface area contributed by atoms with Gasteiger partial charge in [-0.25, -0.2) is 4.98 Å². The van der Waals surface area contributed by atoms with Crippen molar-refractivity contribution in [2.24, 2.45) is 5.92 Å². The number of hydrogen-bond acceptors (Lipinski definition) is 9. The maximum absolute atomic E-state index is 13.3. The lowest BCUT2D eigenvalue weighted by molar-refractivity contribution is -0.137. The van der Waals surface area contributed by atoms with Gasteiger partial charge < -0.3 is 24.4 Å². The van der Waals surface area contributed by atoms with E-state index in [0.717, 1.165) is 108 Å². The van der Waals surface area contributed by atoms with E-state index in [0.29, 0.717) is 61.6 Å². The van der Waals surface area contributed by atoms with E-state index < -0.39 is 11.9 Å². The van der Waals surface area contributed by atoms with Gasteiger partial charge >= 0.3 is 0 Å². The Bertz CT molecular complexity index is 2590. The van der Waals surface area contributed by atoms with Gasteiger partial charge in [-0.2, -0.15) is 0 Å². The van der Waals surface area contributed by atoms with Gasteiger partial charge in [0.2, 0.25) is 17.7 Å². The van der Waals surface area contributed by atoms with Crippen molar-refractivity contribution in [1.29, 1.82) is 0 Å². The molecule has 0 spiro atoms. The van der Waals surface area contributed by atoms with Crippen molar-refractivity contribution in [3.05, 3.63) is 101 Å². The summed E-state index contributed by atoms with van der Waals surface area (Å²) in [5, 5.41) is 7.40. The van der Waals surface area contributed by atoms with Crippen LogP contribution >= 0.6 is 0 Å². The summed E-state index contributed by atoms with van der Waals surface area (Å²) in [6.45, 7) is 5.91. The average Bonchev–Trinajstić information content (AvgIpc) is 3.81. The highest BCUT2D eigenvalue weighted by atomic mass is 16.5. The largest absolute Gasteiger partial charge is 0.381 e. The van der Waals surface area contributed by atoms with Crippen LogP contribution in [-0.4, -0.2) is 91.2 Å². The lowest BCUT2D eigenvalue weighted by atomic mass is 9.69. The normalized spacial score (nSPS) is 21.5. The van der Waals surface area contributed by atoms with Gasteiger partial charge in [-0.15, -0.1) is 0 Å². The predicted molar refractivity (Wildman–Crippen MR) is 225 cm³/mol. The van der Waals surface area contributed by atoms with Gasteiger partial charge in [-0.1, -0.05) is 30.3 Å². The van der Waals surface area contributed by atoms with Gasteiger partial charge in [0, 0.05) is 93.1 Å². The lowest BCUT2D eigenvalue weighted by Crippen LogP contribution is -2.52. The zero-order chi connectivity index (χ0) is 41.8. The number of pyridine rings is 2. The van der Waals surface area contributed by atoms with Gasteiger partial charge in [-0.3, -0.25) is 39.3 Å². The van der Waals surface area contributed by atoms with Crippen LogP contribution in [0.1, 0.15) is 107 Å². The van der Waals surface area contributed by atoms with E-state index in [2.05, 4.69) is 38.4 Å². The number of fused-ring (bicyclic) bond motifs is 3. The Morgan fingerprint density at radius 1 is 0.902 bits per heavy atom. The Morgan fingerprint density at radius 2 is 1.72 bits per heavy atom. The number of amides is 5. The molecule has 312 valence electrons. The second-order valence-corrected chi connectivity index (χ2v) is 17.1. The van der Waals surface area contributed by atoms with Crippen molar-refractivity contribution in [2.75, 3.05) is 26.3 Å². The minimum absolute atomic E-state index is 0.0619. The van der Waals surface area contributed by atoms with Gasteiger partial charge in [-0.05, 0) is 91.1 Å². The molecule has 1 saturated carbocycles. The van der Waals surface area contributed by atoms with E-state index in [9.17, 15) is 24.0 Å². The minimum Gasteiger partial charge on any atom is -0.381 e. The summed E-state index contributed by atoms with van der Waals surface area (Å²) in [5.41, 5.74) is 7.64. The van der Waals surface area contributed by atoms with E-state index in [4.69, 9.17) is 14.7 Å². The molecule has 14 heteroatoms. The van der Waals surface area contributed by atoms with Crippen LogP contribution in [0, 0.1) is 5.92 Å². The molecule has 4 aliphatic heterocycles. The van der Waals surface area contributed by atoms with Crippen molar-refractivity contribution in [2.45, 2.75) is 89.4 Å². The van der Waals surface area contributed by atoms with Crippen molar-refractivity contribution >= 4 is 40.3 Å². The van der Waals surface area contributed by atoms with Crippen LogP contribution in [-0.2, 0) is 38.8 Å². The number of imide groups is 1. The second-order valence-electron chi connectivity index (χ2n) is 17.1. The third kappa shape index (κ3) is 7.26. The average molecular weight is 821 g/mol. The molecule has 5 aliphatic rings. The van der Waals surface area contributed by atoms with Crippen LogP contribution in [0.15, 0.2) is 67.0 Å². The molecule has 5 aromatic rings. The zero-order valence-electron chi connectivity index (χ0n) is 34.2. The Kier molecular flexibility index (Phi) is 10.2. The van der Waals surface area contributed by atoms with E-state index in [1.54, 1.807) is 24.1 Å². The molecule has 1 atom stereocenters. The molecule has 61 heavy (non-hydrogen) atoms. The van der Waals surface area contributed by atoms with Crippen LogP contribution in [0.3, 0.4) is 0 Å². The summed E-state index contributed by atoms with van der Waals surface area (Å²) in [6, 6.07) is 17.1. The van der Waals surface area contributed by atoms with Gasteiger partial charge in [0.05, 0.1) is 23.6 Å². The molecular weight excluding hydrogens is 773 g/mol. The molecule has 1 aliphatic carbocycles. The van der Waals surface area contributed by atoms with E-state index in [1.807, 2.05) is 41.4 Å². The number of imidazole rings is 1. The van der Waals surface area contributed by atoms with Crippen molar-refractivity contribution in [1.82, 2.24) is 40.0 Å². The molecule has 2 aromatic carbocycles. The Hall–Kier alpha value is -6.28. The number of nitrogens with zero attached hydrogens (tertiary/aromatic N) is 6. The van der Waals surface area contributed by atoms with Crippen LogP contribution < -0.4 is 10.6 Å². The number of hydrogen-bond donors (Lipinski definition) is 2. The van der Waals surface area contributed by atoms with E-state index >= 15 is 0 Å². The molecule has 7 heterocycles. The molecule has 3 fully saturated rings. The molecular formula is C47H48N8O6. The number of benzene rings is 2. The molecule has 10 rings (SSSR count). The SMILES string of the molecule is CC(=O)N1CCn2c(C3CCOCC3)nc(-c3cccc4cc(-c5ccc(C(=O)NCCC6CC(c7cccc8c7CN([C@H]7CCC(=O)NC7=O)C8=O)C6)nc5)ncc34)c2C1. The summed E-state index contributed by atoms with van der Waals surface area (Å²) in [7, 11) is 0. The van der Waals surface area contributed by atoms with E-state index in [-0.39, 0.29) is 30.0 Å². The number of rotatable bonds is 9. The first-order valence-corrected chi connectivity index (χ1v) is 21.5. The summed E-state index contributed by atoms with van der Waals surface area (Å²) >= 11 is 0. The van der Waals surface area contributed by atoms with E-state index in [1.165, 1.54) is 0 Å². The number of carbonyl (C=O) groups excluding carboxylic acids is 5. The fourth-order valence-corrected chi connectivity index (χ4v) is 10.1. The van der Waals surface area contributed by atoms with Crippen LogP contribution in [0.2, 0.25) is 0 Å². The number of carbonyl (C=O) groups is 5. The van der Waals surface area contributed by atoms with Crippen molar-refractivity contribution in [3.63, 3.8) is 0 Å². The van der Waals surface area contributed by atoms with Crippen LogP contribution in [0.25, 0.3) is 33.3 Å². The maximum Gasteiger partial charge on any atom is 0.269 e. The summed E-state index contributed by atoms with van der Waals surface area (Å²) in [6.07, 6.45) is 8.79. The number of ether oxygens (including phenoxy) is 1. The first kappa shape index (κ1) is 38.9. The fraction of sp³-hybridized carbons (Fsp3) is 0.404. The lowest BCUT2D eigenvalue weighted by Gasteiger charge is -2.37. The summed E-state index contributed by atoms with van der Waals surface area (Å²) in [4.78, 5) is 81.2. The topological polar surface area (TPSA) is 169 Å². The molecule has 2 saturated heterocycles. The van der Waals surface area contributed by atoms with Gasteiger partial charge in [0.1, 0.15) is 17.6 Å². The summed E-state index contributed by atoms with van der Waals surface area (Å²) in [5.74, 6) is 1.16. The summed E-state index contributed by atoms with van der Waals surface area (Å²) < 4.78 is 7.99. The van der Waals surface area contributed by atoms with Gasteiger partial charge in [0.15, 0.2) is 0 Å². The second kappa shape index (κ2) is 16.0.